The normalized spacial score (nSPS) is 25.8. The van der Waals surface area contributed by atoms with Crippen LogP contribution in [-0.4, -0.2) is 34.8 Å². The summed E-state index contributed by atoms with van der Waals surface area (Å²) in [5, 5.41) is 21.8. The van der Waals surface area contributed by atoms with Crippen molar-refractivity contribution >= 4 is 11.6 Å². The van der Waals surface area contributed by atoms with E-state index in [9.17, 15) is 10.2 Å². The van der Waals surface area contributed by atoms with Gasteiger partial charge in [-0.2, -0.15) is 0 Å². The van der Waals surface area contributed by atoms with Crippen molar-refractivity contribution in [3.8, 4) is 0 Å². The van der Waals surface area contributed by atoms with Crippen molar-refractivity contribution in [1.82, 2.24) is 0 Å². The standard InChI is InChI=1S/C15H19ClO4/c16-12-3-1-11(2-4-12)13(17)14(18)5-7-15(8-6-14)19-9-10-20-15/h1-4,13,17-18H,5-10H2. The van der Waals surface area contributed by atoms with Crippen molar-refractivity contribution in [2.75, 3.05) is 13.2 Å². The summed E-state index contributed by atoms with van der Waals surface area (Å²) in [4.78, 5) is 0. The van der Waals surface area contributed by atoms with Crippen LogP contribution in [0.5, 0.6) is 0 Å². The number of benzene rings is 1. The Morgan fingerprint density at radius 3 is 2.10 bits per heavy atom. The lowest BCUT2D eigenvalue weighted by molar-refractivity contribution is -0.217. The van der Waals surface area contributed by atoms with E-state index in [4.69, 9.17) is 21.1 Å². The van der Waals surface area contributed by atoms with Gasteiger partial charge in [-0.15, -0.1) is 0 Å². The van der Waals surface area contributed by atoms with E-state index in [1.54, 1.807) is 24.3 Å². The number of hydrogen-bond donors (Lipinski definition) is 2. The van der Waals surface area contributed by atoms with Crippen LogP contribution in [0.4, 0.5) is 0 Å². The molecule has 1 aromatic carbocycles. The Kier molecular flexibility index (Phi) is 3.77. The lowest BCUT2D eigenvalue weighted by Crippen LogP contribution is -2.46. The Morgan fingerprint density at radius 2 is 1.55 bits per heavy atom. The second-order valence-corrected chi connectivity index (χ2v) is 6.10. The van der Waals surface area contributed by atoms with Crippen LogP contribution in [0.2, 0.25) is 5.02 Å². The predicted octanol–water partition coefficient (Wildman–Crippen LogP) is 2.42. The number of aliphatic hydroxyl groups excluding tert-OH is 1. The first-order chi connectivity index (χ1) is 9.53. The van der Waals surface area contributed by atoms with Crippen LogP contribution in [0, 0.1) is 0 Å². The van der Waals surface area contributed by atoms with Crippen molar-refractivity contribution in [2.24, 2.45) is 0 Å². The minimum Gasteiger partial charge on any atom is -0.387 e. The van der Waals surface area contributed by atoms with E-state index in [1.165, 1.54) is 0 Å². The van der Waals surface area contributed by atoms with Gasteiger partial charge in [-0.05, 0) is 30.5 Å². The first-order valence-electron chi connectivity index (χ1n) is 6.97. The van der Waals surface area contributed by atoms with Gasteiger partial charge in [0, 0.05) is 17.9 Å². The summed E-state index contributed by atoms with van der Waals surface area (Å²) in [6, 6.07) is 6.93. The molecule has 1 atom stereocenters. The molecule has 5 heteroatoms. The van der Waals surface area contributed by atoms with Crippen molar-refractivity contribution in [3.63, 3.8) is 0 Å². The van der Waals surface area contributed by atoms with Crippen LogP contribution < -0.4 is 0 Å². The van der Waals surface area contributed by atoms with Crippen LogP contribution >= 0.6 is 11.6 Å². The lowest BCUT2D eigenvalue weighted by atomic mass is 9.76. The highest BCUT2D eigenvalue weighted by molar-refractivity contribution is 6.30. The molecule has 0 aromatic heterocycles. The van der Waals surface area contributed by atoms with Gasteiger partial charge in [-0.25, -0.2) is 0 Å². The Bertz CT molecular complexity index is 457. The fourth-order valence-corrected chi connectivity index (χ4v) is 3.20. The molecule has 2 fully saturated rings. The molecule has 4 nitrogen and oxygen atoms in total. The number of ether oxygens (including phenoxy) is 2. The Labute approximate surface area is 123 Å². The highest BCUT2D eigenvalue weighted by Gasteiger charge is 2.48. The SMILES string of the molecule is OC(c1ccc(Cl)cc1)C1(O)CCC2(CC1)OCCO2. The maximum atomic E-state index is 10.7. The summed E-state index contributed by atoms with van der Waals surface area (Å²) in [6.45, 7) is 1.22. The van der Waals surface area contributed by atoms with Gasteiger partial charge in [0.05, 0.1) is 18.8 Å². The molecule has 2 N–H and O–H groups in total. The summed E-state index contributed by atoms with van der Waals surface area (Å²) < 4.78 is 11.3. The van der Waals surface area contributed by atoms with E-state index in [1.807, 2.05) is 0 Å². The highest BCUT2D eigenvalue weighted by Crippen LogP contribution is 2.45. The molecule has 0 bridgehead atoms. The van der Waals surface area contributed by atoms with E-state index in [0.717, 1.165) is 0 Å². The quantitative estimate of drug-likeness (QED) is 0.880. The topological polar surface area (TPSA) is 58.9 Å². The molecule has 0 amide bonds. The van der Waals surface area contributed by atoms with Gasteiger partial charge in [-0.3, -0.25) is 0 Å². The van der Waals surface area contributed by atoms with Crippen molar-refractivity contribution in [3.05, 3.63) is 34.9 Å². The minimum absolute atomic E-state index is 0.455. The highest BCUT2D eigenvalue weighted by atomic mass is 35.5. The summed E-state index contributed by atoms with van der Waals surface area (Å²) in [6.07, 6.45) is 1.20. The summed E-state index contributed by atoms with van der Waals surface area (Å²) in [5.41, 5.74) is -0.449. The van der Waals surface area contributed by atoms with Crippen LogP contribution in [-0.2, 0) is 9.47 Å². The third kappa shape index (κ3) is 2.59. The molecule has 1 heterocycles. The first kappa shape index (κ1) is 14.3. The fourth-order valence-electron chi connectivity index (χ4n) is 3.08. The van der Waals surface area contributed by atoms with E-state index in [0.29, 0.717) is 49.5 Å². The number of hydrogen-bond acceptors (Lipinski definition) is 4. The second-order valence-electron chi connectivity index (χ2n) is 5.67. The largest absolute Gasteiger partial charge is 0.387 e. The molecule has 1 saturated carbocycles. The average molecular weight is 299 g/mol. The van der Waals surface area contributed by atoms with Crippen LogP contribution in [0.15, 0.2) is 24.3 Å². The molecular formula is C15H19ClO4. The molecule has 1 aliphatic carbocycles. The maximum absolute atomic E-state index is 10.7. The number of halogens is 1. The molecule has 1 spiro atoms. The fraction of sp³-hybridized carbons (Fsp3) is 0.600. The van der Waals surface area contributed by atoms with E-state index in [-0.39, 0.29) is 0 Å². The Morgan fingerprint density at radius 1 is 1.00 bits per heavy atom. The van der Waals surface area contributed by atoms with E-state index in [2.05, 4.69) is 0 Å². The molecule has 0 radical (unpaired) electrons. The lowest BCUT2D eigenvalue weighted by Gasteiger charge is -2.42. The second kappa shape index (κ2) is 5.28. The molecule has 1 aromatic rings. The molecule has 110 valence electrons. The first-order valence-corrected chi connectivity index (χ1v) is 7.35. The van der Waals surface area contributed by atoms with Gasteiger partial charge in [-0.1, -0.05) is 23.7 Å². The molecule has 1 saturated heterocycles. The smallest absolute Gasteiger partial charge is 0.168 e. The summed E-state index contributed by atoms with van der Waals surface area (Å²) in [5.74, 6) is -0.536. The molecule has 3 rings (SSSR count). The third-order valence-electron chi connectivity index (χ3n) is 4.39. The molecule has 1 aliphatic heterocycles. The molecule has 20 heavy (non-hydrogen) atoms. The van der Waals surface area contributed by atoms with Gasteiger partial charge in [0.25, 0.3) is 0 Å². The molecular weight excluding hydrogens is 280 g/mol. The summed E-state index contributed by atoms with van der Waals surface area (Å²) in [7, 11) is 0. The zero-order valence-corrected chi connectivity index (χ0v) is 12.0. The van der Waals surface area contributed by atoms with Gasteiger partial charge < -0.3 is 19.7 Å². The Hall–Kier alpha value is -0.650. The zero-order chi connectivity index (χ0) is 14.2. The minimum atomic E-state index is -1.13. The van der Waals surface area contributed by atoms with E-state index < -0.39 is 17.5 Å². The van der Waals surface area contributed by atoms with Gasteiger partial charge in [0.15, 0.2) is 5.79 Å². The molecule has 1 unspecified atom stereocenters. The van der Waals surface area contributed by atoms with Crippen LogP contribution in [0.3, 0.4) is 0 Å². The van der Waals surface area contributed by atoms with E-state index >= 15 is 0 Å². The molecule has 2 aliphatic rings. The zero-order valence-electron chi connectivity index (χ0n) is 11.2. The van der Waals surface area contributed by atoms with Crippen molar-refractivity contribution < 1.29 is 19.7 Å². The average Bonchev–Trinajstić information content (AvgIpc) is 2.92. The van der Waals surface area contributed by atoms with Crippen LogP contribution in [0.25, 0.3) is 0 Å². The third-order valence-corrected chi connectivity index (χ3v) is 4.64. The Balaban J connectivity index is 1.71. The van der Waals surface area contributed by atoms with Gasteiger partial charge >= 0.3 is 0 Å². The predicted molar refractivity (Wildman–Crippen MR) is 74.5 cm³/mol. The maximum Gasteiger partial charge on any atom is 0.168 e. The van der Waals surface area contributed by atoms with Gasteiger partial charge in [0.2, 0.25) is 0 Å². The van der Waals surface area contributed by atoms with Crippen molar-refractivity contribution in [1.29, 1.82) is 0 Å². The number of rotatable bonds is 2. The monoisotopic (exact) mass is 298 g/mol. The van der Waals surface area contributed by atoms with Crippen LogP contribution in [0.1, 0.15) is 37.4 Å². The van der Waals surface area contributed by atoms with Crippen molar-refractivity contribution in [2.45, 2.75) is 43.2 Å². The van der Waals surface area contributed by atoms with Gasteiger partial charge in [0.1, 0.15) is 6.10 Å². The number of aliphatic hydroxyl groups is 2. The summed E-state index contributed by atoms with van der Waals surface area (Å²) >= 11 is 5.84.